The van der Waals surface area contributed by atoms with E-state index < -0.39 is 5.54 Å². The van der Waals surface area contributed by atoms with Gasteiger partial charge in [0.25, 0.3) is 0 Å². The molecular formula is C13H19N3O2. The maximum atomic E-state index is 12.1. The summed E-state index contributed by atoms with van der Waals surface area (Å²) in [4.78, 5) is 13.6. The number of oxime groups is 1. The van der Waals surface area contributed by atoms with Gasteiger partial charge in [-0.1, -0.05) is 23.4 Å². The van der Waals surface area contributed by atoms with Crippen molar-refractivity contribution in [2.24, 2.45) is 5.16 Å². The quantitative estimate of drug-likeness (QED) is 0.491. The Labute approximate surface area is 107 Å². The first-order valence-corrected chi connectivity index (χ1v) is 5.68. The van der Waals surface area contributed by atoms with Gasteiger partial charge in [-0.15, -0.1) is 0 Å². The predicted octanol–water partition coefficient (Wildman–Crippen LogP) is 2.78. The largest absolute Gasteiger partial charge is 0.411 e. The number of benzene rings is 1. The highest BCUT2D eigenvalue weighted by molar-refractivity contribution is 5.97. The van der Waals surface area contributed by atoms with Crippen LogP contribution in [0, 0.1) is 0 Å². The molecule has 0 unspecified atom stereocenters. The summed E-state index contributed by atoms with van der Waals surface area (Å²) in [7, 11) is 1.66. The Morgan fingerprint density at radius 1 is 1.33 bits per heavy atom. The molecule has 1 rings (SSSR count). The van der Waals surface area contributed by atoms with Crippen molar-refractivity contribution in [2.45, 2.75) is 26.3 Å². The van der Waals surface area contributed by atoms with E-state index in [1.807, 2.05) is 44.2 Å². The standard InChI is InChI=1S/C13H19N3O2/c1-10(15-18)13(2,3)16(4)12(17)14-11-8-6-5-7-9-11/h5-9,18H,1-4H3,(H,14,17)/b15-10+. The van der Waals surface area contributed by atoms with Crippen molar-refractivity contribution < 1.29 is 10.0 Å². The number of carbonyl (C=O) groups excluding carboxylic acids is 1. The van der Waals surface area contributed by atoms with E-state index in [4.69, 9.17) is 5.21 Å². The topological polar surface area (TPSA) is 64.9 Å². The number of anilines is 1. The van der Waals surface area contributed by atoms with Crippen LogP contribution >= 0.6 is 0 Å². The first kappa shape index (κ1) is 14.0. The molecule has 1 aromatic rings. The molecule has 0 saturated carbocycles. The minimum absolute atomic E-state index is 0.255. The lowest BCUT2D eigenvalue weighted by Gasteiger charge is -2.34. The molecule has 5 nitrogen and oxygen atoms in total. The molecule has 0 aliphatic rings. The summed E-state index contributed by atoms with van der Waals surface area (Å²) in [5, 5.41) is 14.8. The third kappa shape index (κ3) is 3.00. The third-order valence-corrected chi connectivity index (χ3v) is 3.20. The zero-order chi connectivity index (χ0) is 13.8. The summed E-state index contributed by atoms with van der Waals surface area (Å²) in [6, 6.07) is 8.94. The van der Waals surface area contributed by atoms with Crippen LogP contribution < -0.4 is 5.32 Å². The maximum Gasteiger partial charge on any atom is 0.322 e. The van der Waals surface area contributed by atoms with Gasteiger partial charge in [-0.3, -0.25) is 0 Å². The second kappa shape index (κ2) is 5.53. The van der Waals surface area contributed by atoms with Gasteiger partial charge < -0.3 is 15.4 Å². The van der Waals surface area contributed by atoms with Crippen molar-refractivity contribution in [3.8, 4) is 0 Å². The highest BCUT2D eigenvalue weighted by Crippen LogP contribution is 2.16. The van der Waals surface area contributed by atoms with E-state index in [1.165, 1.54) is 4.90 Å². The second-order valence-electron chi connectivity index (χ2n) is 4.60. The molecule has 0 atom stereocenters. The number of nitrogens with one attached hydrogen (secondary N) is 1. The van der Waals surface area contributed by atoms with Crippen LogP contribution in [0.4, 0.5) is 10.5 Å². The minimum Gasteiger partial charge on any atom is -0.411 e. The van der Waals surface area contributed by atoms with Crippen molar-refractivity contribution >= 4 is 17.4 Å². The molecule has 0 aromatic heterocycles. The van der Waals surface area contributed by atoms with Gasteiger partial charge in [0.15, 0.2) is 0 Å². The number of rotatable bonds is 3. The van der Waals surface area contributed by atoms with E-state index in [9.17, 15) is 4.79 Å². The summed E-state index contributed by atoms with van der Waals surface area (Å²) >= 11 is 0. The second-order valence-corrected chi connectivity index (χ2v) is 4.60. The van der Waals surface area contributed by atoms with Crippen LogP contribution in [0.25, 0.3) is 0 Å². The van der Waals surface area contributed by atoms with Crippen LogP contribution in [0.1, 0.15) is 20.8 Å². The molecule has 98 valence electrons. The van der Waals surface area contributed by atoms with Gasteiger partial charge in [-0.25, -0.2) is 4.79 Å². The highest BCUT2D eigenvalue weighted by Gasteiger charge is 2.31. The van der Waals surface area contributed by atoms with Crippen LogP contribution in [-0.2, 0) is 0 Å². The Bertz CT molecular complexity index is 441. The molecule has 0 saturated heterocycles. The number of carbonyl (C=O) groups is 1. The van der Waals surface area contributed by atoms with E-state index in [-0.39, 0.29) is 6.03 Å². The fourth-order valence-electron chi connectivity index (χ4n) is 1.35. The summed E-state index contributed by atoms with van der Waals surface area (Å²) in [6.07, 6.45) is 0. The molecule has 0 heterocycles. The molecule has 18 heavy (non-hydrogen) atoms. The van der Waals surface area contributed by atoms with E-state index >= 15 is 0 Å². The number of hydrogen-bond acceptors (Lipinski definition) is 3. The molecule has 1 aromatic carbocycles. The van der Waals surface area contributed by atoms with Crippen molar-refractivity contribution in [3.05, 3.63) is 30.3 Å². The lowest BCUT2D eigenvalue weighted by Crippen LogP contribution is -2.51. The Morgan fingerprint density at radius 2 is 1.89 bits per heavy atom. The van der Waals surface area contributed by atoms with Crippen LogP contribution in [0.15, 0.2) is 35.5 Å². The maximum absolute atomic E-state index is 12.1. The first-order chi connectivity index (χ1) is 8.39. The average Bonchev–Trinajstić information content (AvgIpc) is 2.37. The van der Waals surface area contributed by atoms with Crippen LogP contribution in [0.5, 0.6) is 0 Å². The normalized spacial score (nSPS) is 12.1. The van der Waals surface area contributed by atoms with Gasteiger partial charge in [0.05, 0.1) is 11.3 Å². The summed E-state index contributed by atoms with van der Waals surface area (Å²) < 4.78 is 0. The number of hydrogen-bond donors (Lipinski definition) is 2. The average molecular weight is 249 g/mol. The molecule has 0 spiro atoms. The Balaban J connectivity index is 2.79. The molecule has 0 aliphatic carbocycles. The molecule has 5 heteroatoms. The van der Waals surface area contributed by atoms with Gasteiger partial charge in [-0.05, 0) is 32.9 Å². The zero-order valence-corrected chi connectivity index (χ0v) is 11.1. The zero-order valence-electron chi connectivity index (χ0n) is 11.1. The van der Waals surface area contributed by atoms with Crippen molar-refractivity contribution in [1.82, 2.24) is 4.90 Å². The van der Waals surface area contributed by atoms with E-state index in [2.05, 4.69) is 10.5 Å². The van der Waals surface area contributed by atoms with Gasteiger partial charge in [0, 0.05) is 12.7 Å². The van der Waals surface area contributed by atoms with Gasteiger partial charge in [0.1, 0.15) is 0 Å². The van der Waals surface area contributed by atoms with Crippen LogP contribution in [0.2, 0.25) is 0 Å². The summed E-state index contributed by atoms with van der Waals surface area (Å²) in [5.74, 6) is 0. The van der Waals surface area contributed by atoms with Gasteiger partial charge in [-0.2, -0.15) is 0 Å². The lowest BCUT2D eigenvalue weighted by molar-refractivity contribution is 0.194. The summed E-state index contributed by atoms with van der Waals surface area (Å²) in [5.41, 5.74) is 0.533. The van der Waals surface area contributed by atoms with Crippen LogP contribution in [0.3, 0.4) is 0 Å². The Kier molecular flexibility index (Phi) is 4.31. The molecule has 2 N–H and O–H groups in total. The van der Waals surface area contributed by atoms with E-state index in [1.54, 1.807) is 14.0 Å². The smallest absolute Gasteiger partial charge is 0.322 e. The minimum atomic E-state index is -0.659. The van der Waals surface area contributed by atoms with Gasteiger partial charge in [0.2, 0.25) is 0 Å². The Morgan fingerprint density at radius 3 is 2.39 bits per heavy atom. The number of urea groups is 1. The SMILES string of the molecule is C/C(=N\O)C(C)(C)N(C)C(=O)Nc1ccccc1. The van der Waals surface area contributed by atoms with Crippen molar-refractivity contribution in [1.29, 1.82) is 0 Å². The molecule has 0 radical (unpaired) electrons. The number of para-hydroxylation sites is 1. The predicted molar refractivity (Wildman–Crippen MR) is 72.2 cm³/mol. The first-order valence-electron chi connectivity index (χ1n) is 5.68. The molecule has 2 amide bonds. The lowest BCUT2D eigenvalue weighted by atomic mass is 9.98. The van der Waals surface area contributed by atoms with E-state index in [0.29, 0.717) is 5.71 Å². The fourth-order valence-corrected chi connectivity index (χ4v) is 1.35. The molecule has 0 fully saturated rings. The van der Waals surface area contributed by atoms with E-state index in [0.717, 1.165) is 5.69 Å². The summed E-state index contributed by atoms with van der Waals surface area (Å²) in [6.45, 7) is 5.30. The van der Waals surface area contributed by atoms with Crippen molar-refractivity contribution in [3.63, 3.8) is 0 Å². The molecule has 0 bridgehead atoms. The number of amides is 2. The van der Waals surface area contributed by atoms with Gasteiger partial charge >= 0.3 is 6.03 Å². The highest BCUT2D eigenvalue weighted by atomic mass is 16.4. The third-order valence-electron chi connectivity index (χ3n) is 3.20. The monoisotopic (exact) mass is 249 g/mol. The van der Waals surface area contributed by atoms with Crippen LogP contribution in [-0.4, -0.2) is 34.4 Å². The molecular weight excluding hydrogens is 230 g/mol. The number of nitrogens with zero attached hydrogens (tertiary/aromatic N) is 2. The fraction of sp³-hybridized carbons (Fsp3) is 0.385. The van der Waals surface area contributed by atoms with Crippen molar-refractivity contribution in [2.75, 3.05) is 12.4 Å². The Hall–Kier alpha value is -2.04. The molecule has 0 aliphatic heterocycles.